The highest BCUT2D eigenvalue weighted by molar-refractivity contribution is 9.10. The first kappa shape index (κ1) is 16.9. The third-order valence-corrected chi connectivity index (χ3v) is 4.40. The molecule has 0 saturated carbocycles. The molecule has 2 aromatic rings. The largest absolute Gasteiger partial charge is 0.493 e. The van der Waals surface area contributed by atoms with Crippen LogP contribution in [-0.4, -0.2) is 24.2 Å². The van der Waals surface area contributed by atoms with Gasteiger partial charge in [-0.2, -0.15) is 5.26 Å². The van der Waals surface area contributed by atoms with Gasteiger partial charge in [-0.05, 0) is 33.6 Å². The highest BCUT2D eigenvalue weighted by Crippen LogP contribution is 2.44. The van der Waals surface area contributed by atoms with Crippen molar-refractivity contribution in [2.75, 3.05) is 14.2 Å². The SMILES string of the molecule is COc1cc([C@@H]2C(C#N)=C(N)Oc3nc[nH]c(=O)c32)cc(Br)c1OC. The Hall–Kier alpha value is -2.99. The van der Waals surface area contributed by atoms with Crippen LogP contribution >= 0.6 is 15.9 Å². The van der Waals surface area contributed by atoms with E-state index in [0.29, 0.717) is 21.5 Å². The zero-order valence-electron chi connectivity index (χ0n) is 13.3. The average Bonchev–Trinajstić information content (AvgIpc) is 2.60. The molecule has 9 heteroatoms. The number of aromatic nitrogens is 2. The normalized spacial score (nSPS) is 15.8. The number of hydrogen-bond acceptors (Lipinski definition) is 7. The van der Waals surface area contributed by atoms with Gasteiger partial charge in [0.1, 0.15) is 11.6 Å². The summed E-state index contributed by atoms with van der Waals surface area (Å²) in [5.74, 6) is 0.160. The van der Waals surface area contributed by atoms with Crippen molar-refractivity contribution < 1.29 is 14.2 Å². The lowest BCUT2D eigenvalue weighted by atomic mass is 9.85. The van der Waals surface area contributed by atoms with E-state index in [1.165, 1.54) is 20.5 Å². The third-order valence-electron chi connectivity index (χ3n) is 3.81. The average molecular weight is 405 g/mol. The number of nitriles is 1. The van der Waals surface area contributed by atoms with Crippen molar-refractivity contribution in [3.63, 3.8) is 0 Å². The predicted molar refractivity (Wildman–Crippen MR) is 91.4 cm³/mol. The van der Waals surface area contributed by atoms with Crippen molar-refractivity contribution in [2.45, 2.75) is 5.92 Å². The summed E-state index contributed by atoms with van der Waals surface area (Å²) in [5, 5.41) is 9.54. The van der Waals surface area contributed by atoms with Crippen molar-refractivity contribution in [1.29, 1.82) is 5.26 Å². The van der Waals surface area contributed by atoms with E-state index >= 15 is 0 Å². The first-order chi connectivity index (χ1) is 12.0. The van der Waals surface area contributed by atoms with Crippen molar-refractivity contribution in [3.8, 4) is 23.4 Å². The van der Waals surface area contributed by atoms with Crippen LogP contribution in [0.1, 0.15) is 17.0 Å². The van der Waals surface area contributed by atoms with Gasteiger partial charge in [0.2, 0.25) is 11.8 Å². The van der Waals surface area contributed by atoms with Gasteiger partial charge in [-0.1, -0.05) is 0 Å². The smallest absolute Gasteiger partial charge is 0.258 e. The van der Waals surface area contributed by atoms with Crippen LogP contribution in [0.25, 0.3) is 0 Å². The summed E-state index contributed by atoms with van der Waals surface area (Å²) in [6, 6.07) is 5.43. The summed E-state index contributed by atoms with van der Waals surface area (Å²) < 4.78 is 16.6. The molecule has 0 saturated heterocycles. The fourth-order valence-corrected chi connectivity index (χ4v) is 3.35. The van der Waals surface area contributed by atoms with Crippen LogP contribution in [0, 0.1) is 11.3 Å². The van der Waals surface area contributed by atoms with Crippen LogP contribution in [0.2, 0.25) is 0 Å². The molecule has 0 bridgehead atoms. The second-order valence-corrected chi connectivity index (χ2v) is 5.97. The van der Waals surface area contributed by atoms with E-state index in [1.807, 2.05) is 6.07 Å². The van der Waals surface area contributed by atoms with Crippen LogP contribution in [0.3, 0.4) is 0 Å². The Kier molecular flexibility index (Phi) is 4.37. The molecule has 8 nitrogen and oxygen atoms in total. The van der Waals surface area contributed by atoms with E-state index in [-0.39, 0.29) is 22.9 Å². The minimum absolute atomic E-state index is 0.0659. The molecule has 1 aromatic carbocycles. The van der Waals surface area contributed by atoms with Gasteiger partial charge in [0.15, 0.2) is 11.5 Å². The van der Waals surface area contributed by atoms with Gasteiger partial charge in [0.05, 0.1) is 36.5 Å². The van der Waals surface area contributed by atoms with Crippen molar-refractivity contribution in [2.24, 2.45) is 5.73 Å². The Balaban J connectivity index is 2.31. The molecular weight excluding hydrogens is 392 g/mol. The molecule has 2 heterocycles. The van der Waals surface area contributed by atoms with Gasteiger partial charge in [-0.3, -0.25) is 4.79 Å². The molecule has 1 aliphatic heterocycles. The first-order valence-electron chi connectivity index (χ1n) is 7.08. The van der Waals surface area contributed by atoms with Crippen molar-refractivity contribution in [3.05, 3.63) is 55.9 Å². The molecule has 25 heavy (non-hydrogen) atoms. The highest BCUT2D eigenvalue weighted by Gasteiger charge is 2.35. The zero-order valence-corrected chi connectivity index (χ0v) is 14.9. The van der Waals surface area contributed by atoms with Crippen LogP contribution in [0.4, 0.5) is 0 Å². The van der Waals surface area contributed by atoms with Crippen LogP contribution in [0.15, 0.2) is 39.2 Å². The number of hydrogen-bond donors (Lipinski definition) is 2. The molecule has 0 fully saturated rings. The second kappa shape index (κ2) is 6.49. The monoisotopic (exact) mass is 404 g/mol. The van der Waals surface area contributed by atoms with E-state index < -0.39 is 11.5 Å². The lowest BCUT2D eigenvalue weighted by molar-refractivity contribution is 0.352. The summed E-state index contributed by atoms with van der Waals surface area (Å²) in [6.45, 7) is 0. The summed E-state index contributed by atoms with van der Waals surface area (Å²) >= 11 is 3.41. The Labute approximate surface area is 151 Å². The molecule has 0 unspecified atom stereocenters. The number of nitrogens with one attached hydrogen (secondary N) is 1. The minimum atomic E-state index is -0.748. The number of nitrogens with zero attached hydrogens (tertiary/aromatic N) is 2. The maximum absolute atomic E-state index is 12.4. The van der Waals surface area contributed by atoms with Crippen molar-refractivity contribution >= 4 is 15.9 Å². The maximum Gasteiger partial charge on any atom is 0.258 e. The summed E-state index contributed by atoms with van der Waals surface area (Å²) in [4.78, 5) is 18.9. The molecule has 0 spiro atoms. The number of H-pyrrole nitrogens is 1. The maximum atomic E-state index is 12.4. The van der Waals surface area contributed by atoms with Crippen LogP contribution in [0.5, 0.6) is 17.4 Å². The Morgan fingerprint density at radius 2 is 2.16 bits per heavy atom. The standard InChI is InChI=1S/C16H13BrN4O4/c1-23-10-4-7(3-9(17)13(10)24-2)11-8(5-18)14(19)25-16-12(11)15(22)20-6-21-16/h3-4,6,11H,19H2,1-2H3,(H,20,21,22)/t11-/m1/s1. The summed E-state index contributed by atoms with van der Waals surface area (Å²) in [5.41, 5.74) is 6.37. The second-order valence-electron chi connectivity index (χ2n) is 5.11. The number of halogens is 1. The number of allylic oxidation sites excluding steroid dienone is 1. The van der Waals surface area contributed by atoms with E-state index in [4.69, 9.17) is 19.9 Å². The Morgan fingerprint density at radius 3 is 2.80 bits per heavy atom. The predicted octanol–water partition coefficient (Wildman–Crippen LogP) is 1.77. The number of aromatic amines is 1. The number of rotatable bonds is 3. The van der Waals surface area contributed by atoms with Crippen LogP contribution < -0.4 is 25.5 Å². The number of methoxy groups -OCH3 is 2. The lowest BCUT2D eigenvalue weighted by Gasteiger charge is -2.25. The molecule has 3 rings (SSSR count). The molecule has 0 amide bonds. The quantitative estimate of drug-likeness (QED) is 0.798. The fourth-order valence-electron chi connectivity index (χ4n) is 2.73. The lowest BCUT2D eigenvalue weighted by Crippen LogP contribution is -2.28. The van der Waals surface area contributed by atoms with Gasteiger partial charge in [-0.25, -0.2) is 4.98 Å². The van der Waals surface area contributed by atoms with Gasteiger partial charge >= 0.3 is 0 Å². The molecule has 0 aliphatic carbocycles. The Bertz CT molecular complexity index is 977. The fraction of sp³-hybridized carbons (Fsp3) is 0.188. The number of fused-ring (bicyclic) bond motifs is 1. The molecule has 1 aromatic heterocycles. The minimum Gasteiger partial charge on any atom is -0.493 e. The van der Waals surface area contributed by atoms with Gasteiger partial charge in [0.25, 0.3) is 5.56 Å². The molecule has 128 valence electrons. The van der Waals surface area contributed by atoms with E-state index in [1.54, 1.807) is 12.1 Å². The highest BCUT2D eigenvalue weighted by atomic mass is 79.9. The molecule has 3 N–H and O–H groups in total. The first-order valence-corrected chi connectivity index (χ1v) is 7.87. The van der Waals surface area contributed by atoms with E-state index in [0.717, 1.165) is 0 Å². The molecular formula is C16H13BrN4O4. The van der Waals surface area contributed by atoms with Gasteiger partial charge in [0, 0.05) is 0 Å². The Morgan fingerprint density at radius 1 is 1.40 bits per heavy atom. The van der Waals surface area contributed by atoms with Gasteiger partial charge < -0.3 is 24.9 Å². The number of nitrogens with two attached hydrogens (primary N) is 1. The zero-order chi connectivity index (χ0) is 18.1. The third kappa shape index (κ3) is 2.70. The van der Waals surface area contributed by atoms with Gasteiger partial charge in [-0.15, -0.1) is 0 Å². The van der Waals surface area contributed by atoms with Crippen molar-refractivity contribution in [1.82, 2.24) is 9.97 Å². The topological polar surface area (TPSA) is 123 Å². The van der Waals surface area contributed by atoms with E-state index in [2.05, 4.69) is 25.9 Å². The molecule has 0 radical (unpaired) electrons. The number of ether oxygens (including phenoxy) is 3. The summed E-state index contributed by atoms with van der Waals surface area (Å²) in [6.07, 6.45) is 1.22. The van der Waals surface area contributed by atoms with E-state index in [9.17, 15) is 10.1 Å². The molecule has 1 atom stereocenters. The molecule has 1 aliphatic rings. The number of benzene rings is 1. The summed E-state index contributed by atoms with van der Waals surface area (Å²) in [7, 11) is 3.01. The van der Waals surface area contributed by atoms with Crippen LogP contribution in [-0.2, 0) is 0 Å².